The van der Waals surface area contributed by atoms with Crippen molar-refractivity contribution in [3.05, 3.63) is 41.9 Å². The summed E-state index contributed by atoms with van der Waals surface area (Å²) >= 11 is 0. The molecule has 1 fully saturated rings. The fourth-order valence-corrected chi connectivity index (χ4v) is 2.88. The lowest BCUT2D eigenvalue weighted by Crippen LogP contribution is -2.21. The number of hydrogen-bond acceptors (Lipinski definition) is 4. The molecule has 0 atom stereocenters. The van der Waals surface area contributed by atoms with Gasteiger partial charge in [-0.2, -0.15) is 0 Å². The number of carbonyl (C=O) groups is 1. The molecule has 0 spiro atoms. The first-order valence-electron chi connectivity index (χ1n) is 8.21. The van der Waals surface area contributed by atoms with E-state index < -0.39 is 11.6 Å². The van der Waals surface area contributed by atoms with Gasteiger partial charge in [-0.1, -0.05) is 6.42 Å². The summed E-state index contributed by atoms with van der Waals surface area (Å²) in [5.41, 5.74) is 0.139. The molecule has 3 rings (SSSR count). The fraction of sp³-hybridized carbons (Fsp3) is 0.444. The van der Waals surface area contributed by atoms with E-state index in [4.69, 9.17) is 9.15 Å². The van der Waals surface area contributed by atoms with Crippen molar-refractivity contribution in [2.24, 2.45) is 0 Å². The number of hydrogen-bond donors (Lipinski definition) is 0. The summed E-state index contributed by atoms with van der Waals surface area (Å²) in [5.74, 6) is -1.09. The summed E-state index contributed by atoms with van der Waals surface area (Å²) in [6, 6.07) is 3.24. The molecule has 1 aliphatic rings. The standard InChI is InChI=1S/C18H19F2NO3/c19-12-6-7-14(15(20)10-12)16-11-21-17(24-16)8-9-18(22)23-13-4-2-1-3-5-13/h6-7,10-11,13H,1-5,8-9H2. The Kier molecular flexibility index (Phi) is 5.23. The van der Waals surface area contributed by atoms with Gasteiger partial charge in [0.2, 0.25) is 0 Å². The van der Waals surface area contributed by atoms with Gasteiger partial charge in [0.15, 0.2) is 11.7 Å². The molecule has 24 heavy (non-hydrogen) atoms. The zero-order chi connectivity index (χ0) is 16.9. The average molecular weight is 335 g/mol. The maximum atomic E-state index is 13.7. The van der Waals surface area contributed by atoms with Gasteiger partial charge in [-0.05, 0) is 37.8 Å². The number of oxazole rings is 1. The number of aromatic nitrogens is 1. The van der Waals surface area contributed by atoms with Crippen molar-refractivity contribution < 1.29 is 22.7 Å². The summed E-state index contributed by atoms with van der Waals surface area (Å²) in [6.07, 6.45) is 7.12. The molecular weight excluding hydrogens is 316 g/mol. The second kappa shape index (κ2) is 7.55. The van der Waals surface area contributed by atoms with E-state index >= 15 is 0 Å². The minimum Gasteiger partial charge on any atom is -0.462 e. The highest BCUT2D eigenvalue weighted by Gasteiger charge is 2.18. The number of esters is 1. The van der Waals surface area contributed by atoms with Gasteiger partial charge in [-0.25, -0.2) is 13.8 Å². The minimum atomic E-state index is -0.714. The van der Waals surface area contributed by atoms with Gasteiger partial charge in [0.05, 0.1) is 18.2 Å². The third kappa shape index (κ3) is 4.19. The van der Waals surface area contributed by atoms with Gasteiger partial charge >= 0.3 is 5.97 Å². The van der Waals surface area contributed by atoms with Crippen LogP contribution in [0.3, 0.4) is 0 Å². The van der Waals surface area contributed by atoms with Gasteiger partial charge in [0, 0.05) is 12.5 Å². The molecule has 0 aliphatic heterocycles. The van der Waals surface area contributed by atoms with Crippen LogP contribution in [-0.4, -0.2) is 17.1 Å². The molecular formula is C18H19F2NO3. The number of carbonyl (C=O) groups excluding carboxylic acids is 1. The van der Waals surface area contributed by atoms with Crippen molar-refractivity contribution in [3.8, 4) is 11.3 Å². The van der Waals surface area contributed by atoms with Crippen LogP contribution in [0, 0.1) is 11.6 Å². The number of nitrogens with zero attached hydrogens (tertiary/aromatic N) is 1. The van der Waals surface area contributed by atoms with E-state index in [9.17, 15) is 13.6 Å². The van der Waals surface area contributed by atoms with Gasteiger partial charge in [0.25, 0.3) is 0 Å². The zero-order valence-corrected chi connectivity index (χ0v) is 13.3. The molecule has 2 aromatic rings. The minimum absolute atomic E-state index is 0.0275. The summed E-state index contributed by atoms with van der Waals surface area (Å²) in [7, 11) is 0. The Morgan fingerprint density at radius 3 is 2.79 bits per heavy atom. The van der Waals surface area contributed by atoms with Crippen molar-refractivity contribution in [1.29, 1.82) is 0 Å². The van der Waals surface area contributed by atoms with Crippen molar-refractivity contribution in [1.82, 2.24) is 4.98 Å². The van der Waals surface area contributed by atoms with Gasteiger partial charge in [0.1, 0.15) is 17.7 Å². The summed E-state index contributed by atoms with van der Waals surface area (Å²) < 4.78 is 37.5. The molecule has 0 saturated heterocycles. The Balaban J connectivity index is 1.55. The number of halogens is 2. The van der Waals surface area contributed by atoms with E-state index in [1.807, 2.05) is 0 Å². The molecule has 6 heteroatoms. The van der Waals surface area contributed by atoms with Crippen LogP contribution >= 0.6 is 0 Å². The smallest absolute Gasteiger partial charge is 0.306 e. The lowest BCUT2D eigenvalue weighted by molar-refractivity contribution is -0.150. The van der Waals surface area contributed by atoms with Crippen LogP contribution in [0.25, 0.3) is 11.3 Å². The summed E-state index contributed by atoms with van der Waals surface area (Å²) in [6.45, 7) is 0. The number of aryl methyl sites for hydroxylation is 1. The van der Waals surface area contributed by atoms with Crippen LogP contribution < -0.4 is 0 Å². The SMILES string of the molecule is O=C(CCc1ncc(-c2ccc(F)cc2F)o1)OC1CCCCC1. The molecule has 0 bridgehead atoms. The summed E-state index contributed by atoms with van der Waals surface area (Å²) in [5, 5.41) is 0. The largest absolute Gasteiger partial charge is 0.462 e. The molecule has 1 aromatic carbocycles. The molecule has 1 aliphatic carbocycles. The molecule has 4 nitrogen and oxygen atoms in total. The predicted molar refractivity (Wildman–Crippen MR) is 83.1 cm³/mol. The van der Waals surface area contributed by atoms with E-state index in [0.717, 1.165) is 37.8 Å². The molecule has 128 valence electrons. The third-order valence-corrected chi connectivity index (χ3v) is 4.14. The second-order valence-corrected chi connectivity index (χ2v) is 5.99. The predicted octanol–water partition coefficient (Wildman–Crippen LogP) is 4.43. The van der Waals surface area contributed by atoms with Crippen LogP contribution in [0.1, 0.15) is 44.4 Å². The van der Waals surface area contributed by atoms with Crippen LogP contribution in [-0.2, 0) is 16.0 Å². The van der Waals surface area contributed by atoms with Crippen molar-refractivity contribution in [3.63, 3.8) is 0 Å². The van der Waals surface area contributed by atoms with E-state index in [0.29, 0.717) is 5.89 Å². The average Bonchev–Trinajstić information content (AvgIpc) is 3.02. The zero-order valence-electron chi connectivity index (χ0n) is 13.3. The third-order valence-electron chi connectivity index (χ3n) is 4.14. The number of benzene rings is 1. The van der Waals surface area contributed by atoms with Crippen LogP contribution in [0.4, 0.5) is 8.78 Å². The summed E-state index contributed by atoms with van der Waals surface area (Å²) in [4.78, 5) is 15.9. The molecule has 0 N–H and O–H groups in total. The van der Waals surface area contributed by atoms with Gasteiger partial charge < -0.3 is 9.15 Å². The first-order chi connectivity index (χ1) is 11.6. The van der Waals surface area contributed by atoms with Crippen LogP contribution in [0.15, 0.2) is 28.8 Å². The highest BCUT2D eigenvalue weighted by atomic mass is 19.1. The molecule has 1 heterocycles. The first kappa shape index (κ1) is 16.6. The maximum absolute atomic E-state index is 13.7. The fourth-order valence-electron chi connectivity index (χ4n) is 2.88. The number of ether oxygens (including phenoxy) is 1. The Labute approximate surface area is 138 Å². The van der Waals surface area contributed by atoms with Crippen molar-refractivity contribution >= 4 is 5.97 Å². The highest BCUT2D eigenvalue weighted by molar-refractivity contribution is 5.69. The van der Waals surface area contributed by atoms with Gasteiger partial charge in [-0.15, -0.1) is 0 Å². The molecule has 0 unspecified atom stereocenters. The molecule has 1 aromatic heterocycles. The van der Waals surface area contributed by atoms with Gasteiger partial charge in [-0.3, -0.25) is 4.79 Å². The lowest BCUT2D eigenvalue weighted by atomic mass is 9.98. The van der Waals surface area contributed by atoms with E-state index in [-0.39, 0.29) is 36.2 Å². The Hall–Kier alpha value is -2.24. The Bertz CT molecular complexity index is 708. The van der Waals surface area contributed by atoms with Crippen molar-refractivity contribution in [2.75, 3.05) is 0 Å². The van der Waals surface area contributed by atoms with Crippen molar-refractivity contribution in [2.45, 2.75) is 51.0 Å². The second-order valence-electron chi connectivity index (χ2n) is 5.99. The van der Waals surface area contributed by atoms with Crippen LogP contribution in [0.5, 0.6) is 0 Å². The quantitative estimate of drug-likeness (QED) is 0.759. The normalized spacial score (nSPS) is 15.4. The van der Waals surface area contributed by atoms with E-state index in [1.54, 1.807) is 0 Å². The van der Waals surface area contributed by atoms with Crippen LogP contribution in [0.2, 0.25) is 0 Å². The maximum Gasteiger partial charge on any atom is 0.306 e. The molecule has 0 radical (unpaired) electrons. The Morgan fingerprint density at radius 1 is 1.25 bits per heavy atom. The van der Waals surface area contributed by atoms with E-state index in [2.05, 4.69) is 4.98 Å². The number of rotatable bonds is 5. The molecule has 1 saturated carbocycles. The first-order valence-corrected chi connectivity index (χ1v) is 8.21. The molecule has 0 amide bonds. The Morgan fingerprint density at radius 2 is 2.04 bits per heavy atom. The lowest BCUT2D eigenvalue weighted by Gasteiger charge is -2.21. The highest BCUT2D eigenvalue weighted by Crippen LogP contribution is 2.25. The van der Waals surface area contributed by atoms with E-state index in [1.165, 1.54) is 18.7 Å². The topological polar surface area (TPSA) is 52.3 Å². The monoisotopic (exact) mass is 335 g/mol.